The minimum Gasteiger partial charge on any atom is -0.381 e. The van der Waals surface area contributed by atoms with E-state index in [1.165, 1.54) is 5.69 Å². The molecule has 2 atom stereocenters. The third-order valence-corrected chi connectivity index (χ3v) is 3.23. The molecule has 1 aliphatic heterocycles. The van der Waals surface area contributed by atoms with Crippen LogP contribution in [0.15, 0.2) is 6.07 Å². The van der Waals surface area contributed by atoms with Gasteiger partial charge < -0.3 is 10.5 Å². The van der Waals surface area contributed by atoms with Gasteiger partial charge in [0, 0.05) is 38.4 Å². The van der Waals surface area contributed by atoms with Gasteiger partial charge in [0.2, 0.25) is 0 Å². The molecule has 2 heterocycles. The Labute approximate surface area is 96.8 Å². The monoisotopic (exact) mass is 223 g/mol. The van der Waals surface area contributed by atoms with Crippen LogP contribution in [-0.2, 0) is 18.2 Å². The van der Waals surface area contributed by atoms with Gasteiger partial charge >= 0.3 is 0 Å². The first-order valence-electron chi connectivity index (χ1n) is 5.98. The minimum atomic E-state index is 0.224. The van der Waals surface area contributed by atoms with E-state index in [0.29, 0.717) is 5.92 Å². The van der Waals surface area contributed by atoms with Crippen molar-refractivity contribution in [2.24, 2.45) is 18.7 Å². The fourth-order valence-corrected chi connectivity index (χ4v) is 2.40. The van der Waals surface area contributed by atoms with Gasteiger partial charge in [-0.25, -0.2) is 0 Å². The van der Waals surface area contributed by atoms with Crippen molar-refractivity contribution in [1.29, 1.82) is 0 Å². The zero-order valence-electron chi connectivity index (χ0n) is 10.1. The van der Waals surface area contributed by atoms with Crippen molar-refractivity contribution < 1.29 is 4.74 Å². The van der Waals surface area contributed by atoms with Crippen molar-refractivity contribution in [2.75, 3.05) is 13.2 Å². The van der Waals surface area contributed by atoms with E-state index >= 15 is 0 Å². The highest BCUT2D eigenvalue weighted by atomic mass is 16.5. The van der Waals surface area contributed by atoms with Gasteiger partial charge in [0.15, 0.2) is 0 Å². The van der Waals surface area contributed by atoms with Gasteiger partial charge in [-0.15, -0.1) is 0 Å². The Morgan fingerprint density at radius 3 is 3.06 bits per heavy atom. The summed E-state index contributed by atoms with van der Waals surface area (Å²) in [6.45, 7) is 3.81. The lowest BCUT2D eigenvalue weighted by Gasteiger charge is -2.15. The highest BCUT2D eigenvalue weighted by Crippen LogP contribution is 2.19. The van der Waals surface area contributed by atoms with E-state index in [1.807, 2.05) is 18.7 Å². The summed E-state index contributed by atoms with van der Waals surface area (Å²) in [6.07, 6.45) is 3.14. The number of aryl methyl sites for hydroxylation is 2. The van der Waals surface area contributed by atoms with Crippen LogP contribution in [0.25, 0.3) is 0 Å². The molecule has 1 aromatic heterocycles. The van der Waals surface area contributed by atoms with Gasteiger partial charge in [0.25, 0.3) is 0 Å². The molecule has 16 heavy (non-hydrogen) atoms. The molecule has 0 aromatic carbocycles. The topological polar surface area (TPSA) is 53.1 Å². The Morgan fingerprint density at radius 2 is 2.50 bits per heavy atom. The predicted molar refractivity (Wildman–Crippen MR) is 63.2 cm³/mol. The van der Waals surface area contributed by atoms with E-state index in [4.69, 9.17) is 10.5 Å². The lowest BCUT2D eigenvalue weighted by molar-refractivity contribution is 0.182. The molecule has 2 N–H and O–H groups in total. The van der Waals surface area contributed by atoms with E-state index in [0.717, 1.165) is 38.2 Å². The SMILES string of the molecule is Cc1cc(CC(N)CC2CCOC2)n(C)n1. The zero-order chi connectivity index (χ0) is 11.5. The summed E-state index contributed by atoms with van der Waals surface area (Å²) in [5, 5.41) is 4.33. The third-order valence-electron chi connectivity index (χ3n) is 3.23. The molecule has 4 nitrogen and oxygen atoms in total. The highest BCUT2D eigenvalue weighted by molar-refractivity contribution is 5.09. The van der Waals surface area contributed by atoms with Gasteiger partial charge in [-0.05, 0) is 31.7 Å². The van der Waals surface area contributed by atoms with Crippen LogP contribution in [0.5, 0.6) is 0 Å². The maximum atomic E-state index is 6.17. The van der Waals surface area contributed by atoms with E-state index in [-0.39, 0.29) is 6.04 Å². The number of nitrogens with two attached hydrogens (primary N) is 1. The van der Waals surface area contributed by atoms with Crippen molar-refractivity contribution in [3.63, 3.8) is 0 Å². The molecule has 2 unspecified atom stereocenters. The average Bonchev–Trinajstić information content (AvgIpc) is 2.78. The highest BCUT2D eigenvalue weighted by Gasteiger charge is 2.19. The summed E-state index contributed by atoms with van der Waals surface area (Å²) >= 11 is 0. The Kier molecular flexibility index (Phi) is 3.61. The fourth-order valence-electron chi connectivity index (χ4n) is 2.40. The van der Waals surface area contributed by atoms with Crippen LogP contribution in [0.3, 0.4) is 0 Å². The smallest absolute Gasteiger partial charge is 0.0596 e. The molecule has 1 aromatic rings. The van der Waals surface area contributed by atoms with Crippen molar-refractivity contribution in [2.45, 2.75) is 32.2 Å². The molecule has 0 radical (unpaired) electrons. The number of nitrogens with zero attached hydrogens (tertiary/aromatic N) is 2. The molecule has 0 saturated carbocycles. The summed E-state index contributed by atoms with van der Waals surface area (Å²) in [5.74, 6) is 0.657. The Balaban J connectivity index is 1.86. The van der Waals surface area contributed by atoms with Gasteiger partial charge in [-0.3, -0.25) is 4.68 Å². The zero-order valence-corrected chi connectivity index (χ0v) is 10.1. The molecule has 0 amide bonds. The first-order chi connectivity index (χ1) is 7.65. The van der Waals surface area contributed by atoms with Crippen LogP contribution < -0.4 is 5.73 Å². The predicted octanol–water partition coefficient (Wildman–Crippen LogP) is 1.02. The normalized spacial score (nSPS) is 22.6. The van der Waals surface area contributed by atoms with Gasteiger partial charge in [-0.2, -0.15) is 5.10 Å². The van der Waals surface area contributed by atoms with E-state index in [1.54, 1.807) is 0 Å². The van der Waals surface area contributed by atoms with Crippen molar-refractivity contribution in [3.05, 3.63) is 17.5 Å². The van der Waals surface area contributed by atoms with E-state index < -0.39 is 0 Å². The number of hydrogen-bond acceptors (Lipinski definition) is 3. The second-order valence-electron chi connectivity index (χ2n) is 4.83. The Bertz CT molecular complexity index is 342. The van der Waals surface area contributed by atoms with E-state index in [2.05, 4.69) is 11.2 Å². The van der Waals surface area contributed by atoms with Crippen LogP contribution in [0, 0.1) is 12.8 Å². The maximum Gasteiger partial charge on any atom is 0.0596 e. The molecule has 0 bridgehead atoms. The summed E-state index contributed by atoms with van der Waals surface area (Å²) < 4.78 is 7.29. The minimum absolute atomic E-state index is 0.224. The first-order valence-corrected chi connectivity index (χ1v) is 5.98. The number of ether oxygens (including phenoxy) is 1. The second-order valence-corrected chi connectivity index (χ2v) is 4.83. The second kappa shape index (κ2) is 4.97. The van der Waals surface area contributed by atoms with E-state index in [9.17, 15) is 0 Å². The molecular weight excluding hydrogens is 202 g/mol. The lowest BCUT2D eigenvalue weighted by Crippen LogP contribution is -2.27. The summed E-state index contributed by atoms with van der Waals surface area (Å²) in [4.78, 5) is 0. The average molecular weight is 223 g/mol. The largest absolute Gasteiger partial charge is 0.381 e. The Hall–Kier alpha value is -0.870. The number of hydrogen-bond donors (Lipinski definition) is 1. The lowest BCUT2D eigenvalue weighted by atomic mass is 9.97. The van der Waals surface area contributed by atoms with Crippen LogP contribution in [0.4, 0.5) is 0 Å². The molecule has 4 heteroatoms. The summed E-state index contributed by atoms with van der Waals surface area (Å²) in [6, 6.07) is 2.34. The third kappa shape index (κ3) is 2.83. The van der Waals surface area contributed by atoms with Crippen LogP contribution >= 0.6 is 0 Å². The van der Waals surface area contributed by atoms with Crippen molar-refractivity contribution in [1.82, 2.24) is 9.78 Å². The molecule has 1 aliphatic rings. The standard InChI is InChI=1S/C12H21N3O/c1-9-5-12(15(2)14-9)7-11(13)6-10-3-4-16-8-10/h5,10-11H,3-4,6-8,13H2,1-2H3. The van der Waals surface area contributed by atoms with Gasteiger partial charge in [0.05, 0.1) is 5.69 Å². The summed E-state index contributed by atoms with van der Waals surface area (Å²) in [7, 11) is 1.98. The van der Waals surface area contributed by atoms with Crippen LogP contribution in [0.1, 0.15) is 24.2 Å². The molecule has 1 fully saturated rings. The molecular formula is C12H21N3O. The summed E-state index contributed by atoms with van der Waals surface area (Å²) in [5.41, 5.74) is 8.46. The van der Waals surface area contributed by atoms with Gasteiger partial charge in [-0.1, -0.05) is 0 Å². The molecule has 0 aliphatic carbocycles. The molecule has 90 valence electrons. The van der Waals surface area contributed by atoms with Crippen molar-refractivity contribution >= 4 is 0 Å². The number of rotatable bonds is 4. The maximum absolute atomic E-state index is 6.17. The first kappa shape index (κ1) is 11.6. The van der Waals surface area contributed by atoms with Gasteiger partial charge in [0.1, 0.15) is 0 Å². The van der Waals surface area contributed by atoms with Crippen molar-refractivity contribution in [3.8, 4) is 0 Å². The van der Waals surface area contributed by atoms with Crippen LogP contribution in [-0.4, -0.2) is 29.0 Å². The number of aromatic nitrogens is 2. The molecule has 2 rings (SSSR count). The molecule has 0 spiro atoms. The Morgan fingerprint density at radius 1 is 1.69 bits per heavy atom. The molecule has 1 saturated heterocycles. The van der Waals surface area contributed by atoms with Crippen LogP contribution in [0.2, 0.25) is 0 Å². The quantitative estimate of drug-likeness (QED) is 0.829. The fraction of sp³-hybridized carbons (Fsp3) is 0.750.